The number of fused-ring (bicyclic) bond motifs is 2. The Hall–Kier alpha value is -4.73. The van der Waals surface area contributed by atoms with Crippen LogP contribution in [0.3, 0.4) is 0 Å². The van der Waals surface area contributed by atoms with Crippen molar-refractivity contribution in [2.24, 2.45) is 0 Å². The molecule has 2 unspecified atom stereocenters. The van der Waals surface area contributed by atoms with E-state index >= 15 is 0 Å². The number of sulfonamides is 2. The highest BCUT2D eigenvalue weighted by Crippen LogP contribution is 2.34. The summed E-state index contributed by atoms with van der Waals surface area (Å²) >= 11 is 0. The van der Waals surface area contributed by atoms with Crippen molar-refractivity contribution in [3.8, 4) is 11.5 Å². The number of rotatable bonds is 14. The molecule has 17 nitrogen and oxygen atoms in total. The number of benzene rings is 2. The van der Waals surface area contributed by atoms with E-state index in [-0.39, 0.29) is 50.2 Å². The van der Waals surface area contributed by atoms with Gasteiger partial charge in [-0.15, -0.1) is 12.4 Å². The number of aliphatic carboxylic acids is 1. The lowest BCUT2D eigenvalue weighted by Gasteiger charge is -2.35. The molecule has 0 radical (unpaired) electrons. The van der Waals surface area contributed by atoms with Gasteiger partial charge in [0.15, 0.2) is 0 Å². The number of methoxy groups -OCH3 is 2. The van der Waals surface area contributed by atoms with E-state index in [0.717, 1.165) is 49.9 Å². The number of nitrogens with zero attached hydrogens (tertiary/aromatic N) is 5. The fraction of sp³-hybridized carbons (Fsp3) is 0.500. The standard InChI is InChI=1S/C24H31N3O5S.C17H25NO6S.C7H8N2.ClH/c1-17-10-22(31-3)11-18(2)24(17)33(29,30)27-9-5-4-6-21(27)15-32-16-23(28)26-13-19-7-8-25-12-20(19)14-26;1-12-8-15(23-3)9-13(2)17(12)25(21,22)18-7-5-4-6-14(18)10-24-11-16(19)20;1-2-8-4-7-5-9-3-6(1)7;/h7-8,10-12,21H,4-6,9,13-16H2,1-3H3;8-9,14H,4-7,10-11H2,1-3H3,(H,19,20);1-2,4,9H,3,5H2;1H. The Kier molecular flexibility index (Phi) is 19.7. The van der Waals surface area contributed by atoms with E-state index in [0.29, 0.717) is 82.6 Å². The van der Waals surface area contributed by atoms with Crippen molar-refractivity contribution in [1.82, 2.24) is 28.8 Å². The summed E-state index contributed by atoms with van der Waals surface area (Å²) in [6.07, 6.45) is 12.1. The molecule has 2 aromatic carbocycles. The van der Waals surface area contributed by atoms with Crippen LogP contribution in [-0.4, -0.2) is 123 Å². The second-order valence-corrected chi connectivity index (χ2v) is 20.9. The minimum Gasteiger partial charge on any atom is -0.497 e. The summed E-state index contributed by atoms with van der Waals surface area (Å²) in [5.74, 6) is 0.0973. The van der Waals surface area contributed by atoms with Gasteiger partial charge in [0.1, 0.15) is 24.7 Å². The predicted octanol–water partition coefficient (Wildman–Crippen LogP) is 5.87. The molecule has 0 bridgehead atoms. The Morgan fingerprint density at radius 3 is 1.56 bits per heavy atom. The fourth-order valence-corrected chi connectivity index (χ4v) is 13.4. The molecule has 20 heteroatoms. The van der Waals surface area contributed by atoms with E-state index in [1.807, 2.05) is 18.5 Å². The van der Waals surface area contributed by atoms with Crippen LogP contribution in [0.4, 0.5) is 0 Å². The van der Waals surface area contributed by atoms with Crippen LogP contribution < -0.4 is 14.8 Å². The van der Waals surface area contributed by atoms with Gasteiger partial charge in [0.2, 0.25) is 26.0 Å². The lowest BCUT2D eigenvalue weighted by atomic mass is 10.1. The Labute approximate surface area is 407 Å². The van der Waals surface area contributed by atoms with Crippen molar-refractivity contribution in [2.75, 3.05) is 53.7 Å². The number of carbonyl (C=O) groups is 2. The number of amides is 1. The lowest BCUT2D eigenvalue weighted by Crippen LogP contribution is -2.46. The van der Waals surface area contributed by atoms with Gasteiger partial charge in [-0.25, -0.2) is 21.6 Å². The number of carboxylic acid groups (broad SMARTS) is 1. The van der Waals surface area contributed by atoms with Crippen molar-refractivity contribution in [3.05, 3.63) is 106 Å². The molecular weight excluding hydrogens is 936 g/mol. The molecule has 4 aliphatic rings. The van der Waals surface area contributed by atoms with Gasteiger partial charge in [-0.1, -0.05) is 12.8 Å². The van der Waals surface area contributed by atoms with Gasteiger partial charge in [-0.3, -0.25) is 14.8 Å². The number of hydrogen-bond acceptors (Lipinski definition) is 13. The van der Waals surface area contributed by atoms with Crippen LogP contribution >= 0.6 is 12.4 Å². The molecule has 0 aliphatic carbocycles. The van der Waals surface area contributed by atoms with E-state index in [1.165, 1.54) is 15.4 Å². The topological polar surface area (TPSA) is 207 Å². The van der Waals surface area contributed by atoms with Crippen molar-refractivity contribution in [2.45, 2.75) is 114 Å². The van der Waals surface area contributed by atoms with Crippen molar-refractivity contribution >= 4 is 44.3 Å². The number of aromatic nitrogens is 2. The average Bonchev–Trinajstić information content (AvgIpc) is 3.97. The normalized spacial score (nSPS) is 18.2. The van der Waals surface area contributed by atoms with Crippen molar-refractivity contribution < 1.29 is 50.5 Å². The summed E-state index contributed by atoms with van der Waals surface area (Å²) in [7, 11) is -4.29. The molecule has 372 valence electrons. The van der Waals surface area contributed by atoms with Gasteiger partial charge < -0.3 is 34.3 Å². The number of carboxylic acids is 1. The van der Waals surface area contributed by atoms with Crippen LogP contribution in [0.5, 0.6) is 11.5 Å². The van der Waals surface area contributed by atoms with Gasteiger partial charge in [0.05, 0.1) is 37.2 Å². The number of piperidine rings is 2. The van der Waals surface area contributed by atoms with Gasteiger partial charge in [0.25, 0.3) is 0 Å². The maximum atomic E-state index is 13.6. The maximum absolute atomic E-state index is 13.6. The monoisotopic (exact) mass is 1000 g/mol. The zero-order chi connectivity index (χ0) is 48.3. The van der Waals surface area contributed by atoms with Crippen molar-refractivity contribution in [3.63, 3.8) is 0 Å². The molecular formula is C48H65ClN6O11S2. The third-order valence-corrected chi connectivity index (χ3v) is 16.9. The van der Waals surface area contributed by atoms with Gasteiger partial charge in [-0.05, 0) is 134 Å². The molecule has 1 amide bonds. The predicted molar refractivity (Wildman–Crippen MR) is 258 cm³/mol. The summed E-state index contributed by atoms with van der Waals surface area (Å²) in [6, 6.07) is 10.3. The first-order chi connectivity index (χ1) is 32.0. The molecule has 6 heterocycles. The fourth-order valence-electron chi connectivity index (χ4n) is 9.19. The highest BCUT2D eigenvalue weighted by Gasteiger charge is 2.37. The first-order valence-corrected chi connectivity index (χ1v) is 25.5. The molecule has 8 rings (SSSR count). The number of pyridine rings is 2. The van der Waals surface area contributed by atoms with Crippen LogP contribution in [0.15, 0.2) is 71.0 Å². The molecule has 2 aromatic heterocycles. The molecule has 2 atom stereocenters. The molecule has 0 spiro atoms. The number of halogens is 1. The van der Waals surface area contributed by atoms with E-state index < -0.39 is 32.6 Å². The first kappa shape index (κ1) is 54.2. The second kappa shape index (κ2) is 24.7. The Morgan fingerprint density at radius 1 is 0.662 bits per heavy atom. The third-order valence-electron chi connectivity index (χ3n) is 12.4. The van der Waals surface area contributed by atoms with E-state index in [2.05, 4.69) is 21.4 Å². The number of hydrogen-bond donors (Lipinski definition) is 2. The molecule has 4 aliphatic heterocycles. The average molecular weight is 1000 g/mol. The first-order valence-electron chi connectivity index (χ1n) is 22.6. The van der Waals surface area contributed by atoms with Crippen LogP contribution in [0, 0.1) is 27.7 Å². The van der Waals surface area contributed by atoms with Gasteiger partial charge in [-0.2, -0.15) is 8.61 Å². The van der Waals surface area contributed by atoms with Gasteiger partial charge >= 0.3 is 5.97 Å². The molecule has 0 saturated carbocycles. The number of aryl methyl sites for hydroxylation is 4. The van der Waals surface area contributed by atoms with Crippen LogP contribution in [0.2, 0.25) is 0 Å². The van der Waals surface area contributed by atoms with E-state index in [4.69, 9.17) is 24.1 Å². The van der Waals surface area contributed by atoms with E-state index in [9.17, 15) is 26.4 Å². The maximum Gasteiger partial charge on any atom is 0.329 e. The lowest BCUT2D eigenvalue weighted by molar-refractivity contribution is -0.142. The van der Waals surface area contributed by atoms with Crippen LogP contribution in [0.1, 0.15) is 83.0 Å². The minimum absolute atomic E-state index is 0. The largest absolute Gasteiger partial charge is 0.497 e. The number of carbonyl (C=O) groups excluding carboxylic acids is 1. The Balaban J connectivity index is 0.000000216. The zero-order valence-corrected chi connectivity index (χ0v) is 42.2. The Bertz CT molecular complexity index is 2510. The Morgan fingerprint density at radius 2 is 1.10 bits per heavy atom. The molecule has 2 fully saturated rings. The summed E-state index contributed by atoms with van der Waals surface area (Å²) in [4.78, 5) is 33.8. The van der Waals surface area contributed by atoms with Crippen LogP contribution in [0.25, 0.3) is 0 Å². The smallest absolute Gasteiger partial charge is 0.329 e. The summed E-state index contributed by atoms with van der Waals surface area (Å²) in [5.41, 5.74) is 7.49. The number of nitrogens with one attached hydrogen (secondary N) is 1. The molecule has 4 aromatic rings. The van der Waals surface area contributed by atoms with Crippen molar-refractivity contribution in [1.29, 1.82) is 0 Å². The zero-order valence-electron chi connectivity index (χ0n) is 39.7. The molecule has 68 heavy (non-hydrogen) atoms. The van der Waals surface area contributed by atoms with E-state index in [1.54, 1.807) is 87.8 Å². The summed E-state index contributed by atoms with van der Waals surface area (Å²) in [6.45, 7) is 10.8. The summed E-state index contributed by atoms with van der Waals surface area (Å²) in [5, 5.41) is 11.9. The highest BCUT2D eigenvalue weighted by atomic mass is 35.5. The minimum atomic E-state index is -3.70. The SMILES string of the molecule is COc1cc(C)c(S(=O)(=O)N2CCCCC2COCC(=O)N2Cc3ccncc3C2)c(C)c1.COc1cc(C)c(S(=O)(=O)N2CCCCC2COCC(=O)O)c(C)c1.Cl.c1cc2c(cn1)CNC2. The quantitative estimate of drug-likeness (QED) is 0.152. The third kappa shape index (κ3) is 13.3. The molecule has 2 saturated heterocycles. The van der Waals surface area contributed by atoms with Crippen LogP contribution in [-0.2, 0) is 65.3 Å². The van der Waals surface area contributed by atoms with Gasteiger partial charge in [0, 0.05) is 76.1 Å². The second-order valence-electron chi connectivity index (χ2n) is 17.3. The number of ether oxygens (including phenoxy) is 4. The summed E-state index contributed by atoms with van der Waals surface area (Å²) < 4.78 is 78.2. The highest BCUT2D eigenvalue weighted by molar-refractivity contribution is 7.89. The molecule has 2 N–H and O–H groups in total.